The molecular formula is C21H26N2O3. The Morgan fingerprint density at radius 3 is 3.04 bits per heavy atom. The van der Waals surface area contributed by atoms with Crippen LogP contribution in [-0.4, -0.2) is 49.2 Å². The molecule has 26 heavy (non-hydrogen) atoms. The van der Waals surface area contributed by atoms with E-state index in [1.807, 2.05) is 6.07 Å². The van der Waals surface area contributed by atoms with Crippen LogP contribution in [0.2, 0.25) is 0 Å². The first-order chi connectivity index (χ1) is 12.7. The average Bonchev–Trinajstić information content (AvgIpc) is 3.25. The second kappa shape index (κ2) is 5.74. The van der Waals surface area contributed by atoms with E-state index in [-0.39, 0.29) is 11.4 Å². The Kier molecular flexibility index (Phi) is 3.58. The van der Waals surface area contributed by atoms with Crippen molar-refractivity contribution >= 4 is 16.9 Å². The molecule has 2 fully saturated rings. The van der Waals surface area contributed by atoms with Gasteiger partial charge in [-0.2, -0.15) is 0 Å². The van der Waals surface area contributed by atoms with Crippen LogP contribution in [0.25, 0.3) is 10.9 Å². The Bertz CT molecular complexity index is 874. The maximum absolute atomic E-state index is 12.3. The third-order valence-corrected chi connectivity index (χ3v) is 7.03. The van der Waals surface area contributed by atoms with Crippen LogP contribution in [0.3, 0.4) is 0 Å². The van der Waals surface area contributed by atoms with Gasteiger partial charge in [0, 0.05) is 28.5 Å². The highest BCUT2D eigenvalue weighted by Gasteiger charge is 2.56. The van der Waals surface area contributed by atoms with Gasteiger partial charge in [0.05, 0.1) is 26.2 Å². The summed E-state index contributed by atoms with van der Waals surface area (Å²) in [4.78, 5) is 18.6. The highest BCUT2D eigenvalue weighted by Crippen LogP contribution is 2.57. The number of hydrogen-bond donors (Lipinski definition) is 1. The lowest BCUT2D eigenvalue weighted by molar-refractivity contribution is -0.146. The summed E-state index contributed by atoms with van der Waals surface area (Å²) < 4.78 is 10.7. The first-order valence-electron chi connectivity index (χ1n) is 9.65. The van der Waals surface area contributed by atoms with Gasteiger partial charge in [0.15, 0.2) is 0 Å². The topological polar surface area (TPSA) is 54.6 Å². The van der Waals surface area contributed by atoms with E-state index in [1.165, 1.54) is 30.2 Å². The smallest absolute Gasteiger partial charge is 0.306 e. The first kappa shape index (κ1) is 16.2. The van der Waals surface area contributed by atoms with Gasteiger partial charge < -0.3 is 14.5 Å². The summed E-state index contributed by atoms with van der Waals surface area (Å²) in [6.07, 6.45) is 4.91. The van der Waals surface area contributed by atoms with Gasteiger partial charge in [-0.15, -0.1) is 0 Å². The fraction of sp³-hybridized carbons (Fsp3) is 0.571. The molecule has 0 radical (unpaired) electrons. The Morgan fingerprint density at radius 1 is 1.35 bits per heavy atom. The number of aromatic amines is 1. The van der Waals surface area contributed by atoms with E-state index in [1.54, 1.807) is 7.11 Å². The molecule has 3 heterocycles. The number of benzene rings is 1. The van der Waals surface area contributed by atoms with Crippen LogP contribution in [0.4, 0.5) is 0 Å². The van der Waals surface area contributed by atoms with Crippen LogP contribution >= 0.6 is 0 Å². The maximum Gasteiger partial charge on any atom is 0.306 e. The molecular weight excluding hydrogens is 328 g/mol. The van der Waals surface area contributed by atoms with Gasteiger partial charge in [0.25, 0.3) is 0 Å². The van der Waals surface area contributed by atoms with E-state index in [4.69, 9.17) is 9.47 Å². The molecule has 138 valence electrons. The second-order valence-electron chi connectivity index (χ2n) is 8.17. The number of piperidine rings is 1. The number of nitrogens with one attached hydrogen (secondary N) is 1. The zero-order valence-electron chi connectivity index (χ0n) is 15.5. The number of rotatable bonds is 3. The van der Waals surface area contributed by atoms with Crippen molar-refractivity contribution in [3.05, 3.63) is 29.5 Å². The molecule has 1 aliphatic carbocycles. The molecule has 5 nitrogen and oxygen atoms in total. The van der Waals surface area contributed by atoms with Crippen LogP contribution < -0.4 is 4.74 Å². The fourth-order valence-electron chi connectivity index (χ4n) is 6.11. The number of esters is 1. The van der Waals surface area contributed by atoms with Gasteiger partial charge in [-0.3, -0.25) is 9.69 Å². The molecule has 0 saturated carbocycles. The monoisotopic (exact) mass is 354 g/mol. The van der Waals surface area contributed by atoms with Gasteiger partial charge in [-0.05, 0) is 50.4 Å². The summed E-state index contributed by atoms with van der Waals surface area (Å²) in [5, 5.41) is 1.26. The number of methoxy groups -OCH3 is 2. The van der Waals surface area contributed by atoms with Gasteiger partial charge >= 0.3 is 5.97 Å². The molecule has 0 unspecified atom stereocenters. The van der Waals surface area contributed by atoms with E-state index < -0.39 is 0 Å². The minimum atomic E-state index is -0.0710. The van der Waals surface area contributed by atoms with Crippen molar-refractivity contribution < 1.29 is 14.3 Å². The van der Waals surface area contributed by atoms with Gasteiger partial charge in [-0.1, -0.05) is 12.1 Å². The van der Waals surface area contributed by atoms with Crippen molar-refractivity contribution in [2.24, 2.45) is 5.41 Å². The quantitative estimate of drug-likeness (QED) is 0.860. The summed E-state index contributed by atoms with van der Waals surface area (Å²) in [5.41, 5.74) is 3.87. The lowest BCUT2D eigenvalue weighted by Gasteiger charge is -2.51. The molecule has 2 saturated heterocycles. The standard InChI is InChI=1S/C21H26N2O3/c1-25-16-6-3-5-13-15-11-21(12-17(24)26-2)8-4-9-23-10-7-14(20(21)23)18(15)22-19(13)16/h3,5-6,14,20,22H,4,7-12H2,1-2H3/t14-,20-,21+/m0/s1. The number of H-pyrrole nitrogens is 1. The molecule has 1 aromatic carbocycles. The molecule has 0 bridgehead atoms. The Labute approximate surface area is 153 Å². The number of fused-ring (bicyclic) bond motifs is 4. The fourth-order valence-corrected chi connectivity index (χ4v) is 6.11. The number of nitrogens with zero attached hydrogens (tertiary/aromatic N) is 1. The molecule has 3 aliphatic rings. The zero-order valence-corrected chi connectivity index (χ0v) is 15.5. The van der Waals surface area contributed by atoms with Crippen LogP contribution in [0.15, 0.2) is 18.2 Å². The van der Waals surface area contributed by atoms with Crippen LogP contribution in [0.1, 0.15) is 42.9 Å². The third kappa shape index (κ3) is 2.10. The number of ether oxygens (including phenoxy) is 2. The lowest BCUT2D eigenvalue weighted by atomic mass is 9.60. The van der Waals surface area contributed by atoms with E-state index in [0.717, 1.165) is 43.6 Å². The Morgan fingerprint density at radius 2 is 2.23 bits per heavy atom. The van der Waals surface area contributed by atoms with Crippen LogP contribution in [0, 0.1) is 5.41 Å². The normalized spacial score (nSPS) is 30.1. The lowest BCUT2D eigenvalue weighted by Crippen LogP contribution is -2.55. The first-order valence-corrected chi connectivity index (χ1v) is 9.65. The summed E-state index contributed by atoms with van der Waals surface area (Å²) in [7, 11) is 3.24. The van der Waals surface area contributed by atoms with Gasteiger partial charge in [0.2, 0.25) is 0 Å². The maximum atomic E-state index is 12.3. The molecule has 1 aromatic heterocycles. The second-order valence-corrected chi connectivity index (χ2v) is 8.17. The predicted octanol–water partition coefficient (Wildman–Crippen LogP) is 3.23. The molecule has 2 aromatic rings. The molecule has 0 spiro atoms. The predicted molar refractivity (Wildman–Crippen MR) is 99.6 cm³/mol. The molecule has 1 N–H and O–H groups in total. The Balaban J connectivity index is 1.69. The van der Waals surface area contributed by atoms with Crippen molar-refractivity contribution in [2.45, 2.75) is 44.1 Å². The van der Waals surface area contributed by atoms with Gasteiger partial charge in [-0.25, -0.2) is 0 Å². The molecule has 5 heteroatoms. The minimum absolute atomic E-state index is 0.00227. The molecule has 0 amide bonds. The Hall–Kier alpha value is -2.01. The van der Waals surface area contributed by atoms with Crippen LogP contribution in [-0.2, 0) is 16.0 Å². The molecule has 2 aliphatic heterocycles. The van der Waals surface area contributed by atoms with E-state index in [2.05, 4.69) is 22.0 Å². The minimum Gasteiger partial charge on any atom is -0.495 e. The largest absolute Gasteiger partial charge is 0.495 e. The summed E-state index contributed by atoms with van der Waals surface area (Å²) >= 11 is 0. The molecule has 5 rings (SSSR count). The SMILES string of the molecule is COC(=O)C[C@@]12CCCN3CC[C@@H](c4[nH]c5c(OC)cccc5c4C1)[C@H]32. The van der Waals surface area contributed by atoms with Crippen molar-refractivity contribution in [1.82, 2.24) is 9.88 Å². The zero-order chi connectivity index (χ0) is 17.9. The number of para-hydroxylation sites is 1. The van der Waals surface area contributed by atoms with Crippen molar-refractivity contribution in [2.75, 3.05) is 27.3 Å². The number of hydrogen-bond acceptors (Lipinski definition) is 4. The number of carbonyl (C=O) groups excluding carboxylic acids is 1. The van der Waals surface area contributed by atoms with Crippen molar-refractivity contribution in [1.29, 1.82) is 0 Å². The summed E-state index contributed by atoms with van der Waals surface area (Å²) in [6, 6.07) is 6.72. The highest BCUT2D eigenvalue weighted by atomic mass is 16.5. The third-order valence-electron chi connectivity index (χ3n) is 7.03. The average molecular weight is 354 g/mol. The van der Waals surface area contributed by atoms with Crippen LogP contribution in [0.5, 0.6) is 5.75 Å². The van der Waals surface area contributed by atoms with E-state index in [0.29, 0.717) is 18.4 Å². The summed E-state index contributed by atoms with van der Waals surface area (Å²) in [5.74, 6) is 1.30. The highest BCUT2D eigenvalue weighted by molar-refractivity contribution is 5.90. The number of carbonyl (C=O) groups is 1. The van der Waals surface area contributed by atoms with Crippen molar-refractivity contribution in [3.63, 3.8) is 0 Å². The van der Waals surface area contributed by atoms with Crippen molar-refractivity contribution in [3.8, 4) is 5.75 Å². The summed E-state index contributed by atoms with van der Waals surface area (Å²) in [6.45, 7) is 2.28. The van der Waals surface area contributed by atoms with Gasteiger partial charge in [0.1, 0.15) is 5.75 Å². The van der Waals surface area contributed by atoms with E-state index in [9.17, 15) is 4.79 Å². The number of aromatic nitrogens is 1. The van der Waals surface area contributed by atoms with E-state index >= 15 is 0 Å². The molecule has 3 atom stereocenters.